The Morgan fingerprint density at radius 3 is 2.65 bits per heavy atom. The molecule has 0 radical (unpaired) electrons. The van der Waals surface area contributed by atoms with E-state index >= 15 is 0 Å². The zero-order chi connectivity index (χ0) is 14.3. The van der Waals surface area contributed by atoms with Gasteiger partial charge in [-0.05, 0) is 30.7 Å². The third kappa shape index (κ3) is 1.91. The van der Waals surface area contributed by atoms with Crippen molar-refractivity contribution in [3.8, 4) is 5.75 Å². The van der Waals surface area contributed by atoms with Crippen molar-refractivity contribution >= 4 is 27.8 Å². The first-order valence-corrected chi connectivity index (χ1v) is 6.54. The summed E-state index contributed by atoms with van der Waals surface area (Å²) in [5.41, 5.74) is 8.63. The lowest BCUT2D eigenvalue weighted by molar-refractivity contribution is 0.415. The maximum absolute atomic E-state index is 6.01. The molecule has 102 valence electrons. The molecule has 5 heteroatoms. The Morgan fingerprint density at radius 1 is 1.15 bits per heavy atom. The van der Waals surface area contributed by atoms with E-state index in [2.05, 4.69) is 15.0 Å². The van der Waals surface area contributed by atoms with Crippen LogP contribution in [0.1, 0.15) is 18.3 Å². The predicted octanol–water partition coefficient (Wildman–Crippen LogP) is 2.64. The molecule has 0 atom stereocenters. The van der Waals surface area contributed by atoms with Gasteiger partial charge in [-0.1, -0.05) is 6.92 Å². The number of anilines is 1. The highest BCUT2D eigenvalue weighted by Gasteiger charge is 2.10. The minimum absolute atomic E-state index is 0.474. The summed E-state index contributed by atoms with van der Waals surface area (Å²) in [7, 11) is 1.65. The number of methoxy groups -OCH3 is 1. The SMILES string of the molecule is CCc1nc(N)c2cc3cc(OC)cc(C)c3nc2n1. The number of pyridine rings is 1. The van der Waals surface area contributed by atoms with Crippen molar-refractivity contribution in [2.45, 2.75) is 20.3 Å². The standard InChI is InChI=1S/C15H16N4O/c1-4-12-17-14(16)11-7-9-6-10(20-3)5-8(2)13(9)19-15(11)18-12/h5-7H,4H2,1-3H3,(H2,16,17,18,19). The average Bonchev–Trinajstić information content (AvgIpc) is 2.45. The fraction of sp³-hybridized carbons (Fsp3) is 0.267. The quantitative estimate of drug-likeness (QED) is 0.723. The van der Waals surface area contributed by atoms with Crippen LogP contribution in [0.5, 0.6) is 5.75 Å². The lowest BCUT2D eigenvalue weighted by Crippen LogP contribution is -2.01. The monoisotopic (exact) mass is 268 g/mol. The number of nitrogens with two attached hydrogens (primary N) is 1. The number of rotatable bonds is 2. The summed E-state index contributed by atoms with van der Waals surface area (Å²) in [5, 5.41) is 1.76. The normalized spacial score (nSPS) is 11.2. The van der Waals surface area contributed by atoms with Gasteiger partial charge in [0.05, 0.1) is 18.0 Å². The first-order chi connectivity index (χ1) is 9.62. The zero-order valence-electron chi connectivity index (χ0n) is 11.8. The molecule has 2 aromatic heterocycles. The second-order valence-electron chi connectivity index (χ2n) is 4.75. The fourth-order valence-corrected chi connectivity index (χ4v) is 2.32. The molecule has 0 aliphatic heterocycles. The summed E-state index contributed by atoms with van der Waals surface area (Å²) in [4.78, 5) is 13.4. The Balaban J connectivity index is 2.40. The van der Waals surface area contributed by atoms with Gasteiger partial charge in [-0.15, -0.1) is 0 Å². The Bertz CT molecular complexity index is 744. The van der Waals surface area contributed by atoms with E-state index in [4.69, 9.17) is 10.5 Å². The van der Waals surface area contributed by atoms with Gasteiger partial charge in [0.15, 0.2) is 5.65 Å². The highest BCUT2D eigenvalue weighted by atomic mass is 16.5. The molecule has 0 fully saturated rings. The molecule has 0 saturated carbocycles. The summed E-state index contributed by atoms with van der Waals surface area (Å²) in [6.07, 6.45) is 0.738. The number of nitrogen functional groups attached to an aromatic ring is 1. The van der Waals surface area contributed by atoms with E-state index in [0.717, 1.165) is 34.0 Å². The second-order valence-corrected chi connectivity index (χ2v) is 4.75. The van der Waals surface area contributed by atoms with Gasteiger partial charge in [0.2, 0.25) is 0 Å². The van der Waals surface area contributed by atoms with Crippen LogP contribution >= 0.6 is 0 Å². The summed E-state index contributed by atoms with van der Waals surface area (Å²) < 4.78 is 5.29. The Kier molecular flexibility index (Phi) is 2.89. The van der Waals surface area contributed by atoms with Crippen molar-refractivity contribution in [1.29, 1.82) is 0 Å². The van der Waals surface area contributed by atoms with Crippen LogP contribution < -0.4 is 10.5 Å². The van der Waals surface area contributed by atoms with Gasteiger partial charge in [0.1, 0.15) is 17.4 Å². The Hall–Kier alpha value is -2.43. The number of hydrogen-bond donors (Lipinski definition) is 1. The van der Waals surface area contributed by atoms with Gasteiger partial charge in [-0.25, -0.2) is 15.0 Å². The van der Waals surface area contributed by atoms with Crippen LogP contribution in [-0.4, -0.2) is 22.1 Å². The van der Waals surface area contributed by atoms with Crippen molar-refractivity contribution < 1.29 is 4.74 Å². The van der Waals surface area contributed by atoms with Crippen molar-refractivity contribution in [1.82, 2.24) is 15.0 Å². The van der Waals surface area contributed by atoms with Gasteiger partial charge >= 0.3 is 0 Å². The van der Waals surface area contributed by atoms with Gasteiger partial charge in [0, 0.05) is 11.8 Å². The topological polar surface area (TPSA) is 73.9 Å². The summed E-state index contributed by atoms with van der Waals surface area (Å²) in [6.45, 7) is 4.01. The first-order valence-electron chi connectivity index (χ1n) is 6.54. The number of ether oxygens (including phenoxy) is 1. The highest BCUT2D eigenvalue weighted by molar-refractivity contribution is 5.97. The van der Waals surface area contributed by atoms with E-state index in [1.165, 1.54) is 0 Å². The minimum Gasteiger partial charge on any atom is -0.497 e. The number of hydrogen-bond acceptors (Lipinski definition) is 5. The maximum Gasteiger partial charge on any atom is 0.165 e. The first kappa shape index (κ1) is 12.6. The molecule has 20 heavy (non-hydrogen) atoms. The maximum atomic E-state index is 6.01. The third-order valence-corrected chi connectivity index (χ3v) is 3.37. The molecule has 2 N–H and O–H groups in total. The Labute approximate surface area is 116 Å². The highest BCUT2D eigenvalue weighted by Crippen LogP contribution is 2.27. The number of nitrogens with zero attached hydrogens (tertiary/aromatic N) is 3. The average molecular weight is 268 g/mol. The number of benzene rings is 1. The minimum atomic E-state index is 0.474. The predicted molar refractivity (Wildman–Crippen MR) is 79.9 cm³/mol. The van der Waals surface area contributed by atoms with E-state index in [1.807, 2.05) is 32.0 Å². The van der Waals surface area contributed by atoms with E-state index in [0.29, 0.717) is 17.3 Å². The van der Waals surface area contributed by atoms with Gasteiger partial charge < -0.3 is 10.5 Å². The molecule has 0 aliphatic carbocycles. The molecule has 5 nitrogen and oxygen atoms in total. The van der Waals surface area contributed by atoms with Gasteiger partial charge in [-0.3, -0.25) is 0 Å². The Morgan fingerprint density at radius 2 is 1.95 bits per heavy atom. The van der Waals surface area contributed by atoms with Gasteiger partial charge in [-0.2, -0.15) is 0 Å². The van der Waals surface area contributed by atoms with Crippen LogP contribution in [0.2, 0.25) is 0 Å². The largest absolute Gasteiger partial charge is 0.497 e. The molecule has 0 aliphatic rings. The number of aryl methyl sites for hydroxylation is 2. The smallest absolute Gasteiger partial charge is 0.165 e. The van der Waals surface area contributed by atoms with Crippen LogP contribution in [0, 0.1) is 6.92 Å². The van der Waals surface area contributed by atoms with Crippen LogP contribution in [0.15, 0.2) is 18.2 Å². The van der Waals surface area contributed by atoms with Crippen LogP contribution in [-0.2, 0) is 6.42 Å². The molecule has 0 bridgehead atoms. The van der Waals surface area contributed by atoms with Gasteiger partial charge in [0.25, 0.3) is 0 Å². The van der Waals surface area contributed by atoms with Crippen molar-refractivity contribution in [2.75, 3.05) is 12.8 Å². The third-order valence-electron chi connectivity index (χ3n) is 3.37. The fourth-order valence-electron chi connectivity index (χ4n) is 2.32. The van der Waals surface area contributed by atoms with Crippen LogP contribution in [0.4, 0.5) is 5.82 Å². The lowest BCUT2D eigenvalue weighted by Gasteiger charge is -2.09. The van der Waals surface area contributed by atoms with E-state index < -0.39 is 0 Å². The molecular weight excluding hydrogens is 252 g/mol. The molecule has 0 spiro atoms. The molecule has 2 heterocycles. The molecular formula is C15H16N4O. The molecule has 0 unspecified atom stereocenters. The summed E-state index contributed by atoms with van der Waals surface area (Å²) in [6, 6.07) is 5.89. The van der Waals surface area contributed by atoms with E-state index in [1.54, 1.807) is 7.11 Å². The van der Waals surface area contributed by atoms with Crippen LogP contribution in [0.3, 0.4) is 0 Å². The lowest BCUT2D eigenvalue weighted by atomic mass is 10.1. The molecule has 1 aromatic carbocycles. The molecule has 0 saturated heterocycles. The van der Waals surface area contributed by atoms with Crippen LogP contribution in [0.25, 0.3) is 21.9 Å². The van der Waals surface area contributed by atoms with Crippen molar-refractivity contribution in [2.24, 2.45) is 0 Å². The summed E-state index contributed by atoms with van der Waals surface area (Å²) >= 11 is 0. The van der Waals surface area contributed by atoms with E-state index in [-0.39, 0.29) is 0 Å². The molecule has 3 rings (SSSR count). The second kappa shape index (κ2) is 4.59. The van der Waals surface area contributed by atoms with Crippen molar-refractivity contribution in [3.63, 3.8) is 0 Å². The molecule has 0 amide bonds. The number of fused-ring (bicyclic) bond motifs is 2. The zero-order valence-corrected chi connectivity index (χ0v) is 11.8. The van der Waals surface area contributed by atoms with Crippen molar-refractivity contribution in [3.05, 3.63) is 29.6 Å². The molecule has 3 aromatic rings. The summed E-state index contributed by atoms with van der Waals surface area (Å²) in [5.74, 6) is 2.00. The van der Waals surface area contributed by atoms with E-state index in [9.17, 15) is 0 Å². The number of aromatic nitrogens is 3.